The molecule has 2 aromatic carbocycles. The number of anilines is 1. The van der Waals surface area contributed by atoms with Gasteiger partial charge < -0.3 is 25.8 Å². The molecule has 0 aromatic heterocycles. The number of hydrogen-bond acceptors (Lipinski definition) is 4. The van der Waals surface area contributed by atoms with Crippen LogP contribution in [0.25, 0.3) is 6.08 Å². The minimum atomic E-state index is -0.619. The average molecular weight is 412 g/mol. The monoisotopic (exact) mass is 411 g/mol. The summed E-state index contributed by atoms with van der Waals surface area (Å²) in [4.78, 5) is 23.2. The van der Waals surface area contributed by atoms with Crippen molar-refractivity contribution in [2.75, 3.05) is 19.0 Å². The highest BCUT2D eigenvalue weighted by atomic mass is 16.5. The van der Waals surface area contributed by atoms with Crippen LogP contribution in [0.4, 0.5) is 10.5 Å². The summed E-state index contributed by atoms with van der Waals surface area (Å²) in [5.41, 5.74) is 7.43. The lowest BCUT2D eigenvalue weighted by Crippen LogP contribution is -2.24. The highest BCUT2D eigenvalue weighted by molar-refractivity contribution is 5.92. The maximum atomic E-state index is 12.3. The van der Waals surface area contributed by atoms with Gasteiger partial charge in [0.25, 0.3) is 0 Å². The van der Waals surface area contributed by atoms with Gasteiger partial charge >= 0.3 is 6.03 Å². The molecular weight excluding hydrogens is 382 g/mol. The van der Waals surface area contributed by atoms with Crippen LogP contribution in [0, 0.1) is 0 Å². The number of nitrogens with two attached hydrogens (primary N) is 1. The van der Waals surface area contributed by atoms with Crippen LogP contribution in [-0.4, -0.2) is 25.7 Å². The van der Waals surface area contributed by atoms with Gasteiger partial charge in [-0.25, -0.2) is 4.79 Å². The second-order valence-electron chi connectivity index (χ2n) is 6.79. The highest BCUT2D eigenvalue weighted by Crippen LogP contribution is 2.28. The first kappa shape index (κ1) is 22.8. The van der Waals surface area contributed by atoms with Crippen LogP contribution in [0.5, 0.6) is 11.5 Å². The summed E-state index contributed by atoms with van der Waals surface area (Å²) in [6.45, 7) is 4.63. The van der Waals surface area contributed by atoms with Crippen LogP contribution < -0.4 is 25.8 Å². The molecule has 0 radical (unpaired) electrons. The van der Waals surface area contributed by atoms with Crippen LogP contribution in [-0.2, 0) is 4.79 Å². The fourth-order valence-electron chi connectivity index (χ4n) is 2.75. The Hall–Kier alpha value is -3.48. The summed E-state index contributed by atoms with van der Waals surface area (Å²) in [6.07, 6.45) is 5.24. The van der Waals surface area contributed by atoms with Crippen molar-refractivity contribution in [2.45, 2.75) is 32.7 Å². The first-order valence-corrected chi connectivity index (χ1v) is 9.88. The Kier molecular flexibility index (Phi) is 8.75. The molecule has 2 rings (SSSR count). The van der Waals surface area contributed by atoms with E-state index in [4.69, 9.17) is 15.2 Å². The van der Waals surface area contributed by atoms with Crippen molar-refractivity contribution < 1.29 is 19.1 Å². The highest BCUT2D eigenvalue weighted by Gasteiger charge is 2.09. The maximum absolute atomic E-state index is 12.3. The molecule has 4 N–H and O–H groups in total. The third-order valence-corrected chi connectivity index (χ3v) is 4.41. The zero-order chi connectivity index (χ0) is 21.9. The largest absolute Gasteiger partial charge is 0.493 e. The molecule has 7 heteroatoms. The van der Waals surface area contributed by atoms with Gasteiger partial charge in [0.05, 0.1) is 19.8 Å². The third kappa shape index (κ3) is 7.16. The minimum Gasteiger partial charge on any atom is -0.493 e. The molecule has 0 fully saturated rings. The van der Waals surface area contributed by atoms with Crippen molar-refractivity contribution in [3.63, 3.8) is 0 Å². The van der Waals surface area contributed by atoms with Gasteiger partial charge in [-0.1, -0.05) is 31.5 Å². The van der Waals surface area contributed by atoms with Gasteiger partial charge in [0.1, 0.15) is 0 Å². The molecule has 0 saturated heterocycles. The molecule has 0 aliphatic carbocycles. The third-order valence-electron chi connectivity index (χ3n) is 4.41. The van der Waals surface area contributed by atoms with Gasteiger partial charge in [0.15, 0.2) is 11.5 Å². The van der Waals surface area contributed by atoms with E-state index in [9.17, 15) is 9.59 Å². The summed E-state index contributed by atoms with van der Waals surface area (Å²) >= 11 is 0. The number of primary amides is 1. The summed E-state index contributed by atoms with van der Waals surface area (Å²) in [6, 6.07) is 11.8. The van der Waals surface area contributed by atoms with E-state index in [0.717, 1.165) is 24.0 Å². The fourth-order valence-corrected chi connectivity index (χ4v) is 2.75. The molecule has 2 aromatic rings. The van der Waals surface area contributed by atoms with Crippen molar-refractivity contribution in [2.24, 2.45) is 5.73 Å². The van der Waals surface area contributed by atoms with E-state index in [1.165, 1.54) is 6.08 Å². The van der Waals surface area contributed by atoms with E-state index in [-0.39, 0.29) is 11.9 Å². The summed E-state index contributed by atoms with van der Waals surface area (Å²) in [7, 11) is 1.59. The Bertz CT molecular complexity index is 879. The number of rotatable bonds is 10. The van der Waals surface area contributed by atoms with E-state index < -0.39 is 6.03 Å². The Labute approximate surface area is 177 Å². The molecular formula is C23H29N3O4. The summed E-state index contributed by atoms with van der Waals surface area (Å²) in [5, 5.41) is 5.41. The summed E-state index contributed by atoms with van der Waals surface area (Å²) in [5.74, 6) is 1.10. The molecule has 7 nitrogen and oxygen atoms in total. The molecule has 1 atom stereocenters. The Morgan fingerprint density at radius 2 is 1.87 bits per heavy atom. The normalized spacial score (nSPS) is 11.7. The first-order chi connectivity index (χ1) is 14.4. The van der Waals surface area contributed by atoms with Crippen molar-refractivity contribution in [3.8, 4) is 11.5 Å². The molecule has 30 heavy (non-hydrogen) atoms. The van der Waals surface area contributed by atoms with E-state index in [2.05, 4.69) is 17.6 Å². The minimum absolute atomic E-state index is 0.200. The molecule has 1 unspecified atom stereocenters. The van der Waals surface area contributed by atoms with E-state index in [1.54, 1.807) is 25.3 Å². The molecule has 0 aliphatic heterocycles. The predicted molar refractivity (Wildman–Crippen MR) is 119 cm³/mol. The van der Waals surface area contributed by atoms with Crippen molar-refractivity contribution >= 4 is 23.7 Å². The number of nitrogens with one attached hydrogen (secondary N) is 2. The standard InChI is InChI=1S/C23H29N3O4/c1-4-5-14-30-20-12-6-17(15-21(20)29-3)7-13-22(27)25-16(2)18-8-10-19(11-9-18)26-23(24)28/h6-13,15-16H,4-5,14H2,1-3H3,(H,25,27)(H3,24,26,28). The topological polar surface area (TPSA) is 103 Å². The van der Waals surface area contributed by atoms with Gasteiger partial charge in [-0.3, -0.25) is 4.79 Å². The Morgan fingerprint density at radius 1 is 1.13 bits per heavy atom. The van der Waals surface area contributed by atoms with Crippen LogP contribution in [0.3, 0.4) is 0 Å². The molecule has 160 valence electrons. The number of urea groups is 1. The lowest BCUT2D eigenvalue weighted by Gasteiger charge is -2.14. The molecule has 3 amide bonds. The molecule has 0 bridgehead atoms. The van der Waals surface area contributed by atoms with Gasteiger partial charge in [-0.15, -0.1) is 0 Å². The van der Waals surface area contributed by atoms with Crippen LogP contribution >= 0.6 is 0 Å². The van der Waals surface area contributed by atoms with Crippen LogP contribution in [0.2, 0.25) is 0 Å². The number of benzene rings is 2. The quantitative estimate of drug-likeness (QED) is 0.402. The zero-order valence-corrected chi connectivity index (χ0v) is 17.6. The van der Waals surface area contributed by atoms with E-state index in [1.807, 2.05) is 37.3 Å². The number of amides is 3. The number of carbonyl (C=O) groups is 2. The molecule has 0 heterocycles. The fraction of sp³-hybridized carbons (Fsp3) is 0.304. The lowest BCUT2D eigenvalue weighted by molar-refractivity contribution is -0.117. The van der Waals surface area contributed by atoms with Gasteiger partial charge in [-0.2, -0.15) is 0 Å². The van der Waals surface area contributed by atoms with Crippen molar-refractivity contribution in [1.82, 2.24) is 5.32 Å². The van der Waals surface area contributed by atoms with E-state index >= 15 is 0 Å². The van der Waals surface area contributed by atoms with Crippen molar-refractivity contribution in [1.29, 1.82) is 0 Å². The zero-order valence-electron chi connectivity index (χ0n) is 17.6. The van der Waals surface area contributed by atoms with Crippen LogP contribution in [0.1, 0.15) is 43.9 Å². The number of unbranched alkanes of at least 4 members (excludes halogenated alkanes) is 1. The van der Waals surface area contributed by atoms with Crippen LogP contribution in [0.15, 0.2) is 48.5 Å². The lowest BCUT2D eigenvalue weighted by atomic mass is 10.1. The smallest absolute Gasteiger partial charge is 0.316 e. The van der Waals surface area contributed by atoms with Crippen molar-refractivity contribution in [3.05, 3.63) is 59.7 Å². The average Bonchev–Trinajstić information content (AvgIpc) is 2.73. The second-order valence-corrected chi connectivity index (χ2v) is 6.79. The Morgan fingerprint density at radius 3 is 2.50 bits per heavy atom. The number of methoxy groups -OCH3 is 1. The van der Waals surface area contributed by atoms with Gasteiger partial charge in [0.2, 0.25) is 5.91 Å². The first-order valence-electron chi connectivity index (χ1n) is 9.88. The molecule has 0 saturated carbocycles. The molecule has 0 aliphatic rings. The second kappa shape index (κ2) is 11.5. The summed E-state index contributed by atoms with van der Waals surface area (Å²) < 4.78 is 11.1. The maximum Gasteiger partial charge on any atom is 0.316 e. The number of hydrogen-bond donors (Lipinski definition) is 3. The Balaban J connectivity index is 1.95. The SMILES string of the molecule is CCCCOc1ccc(C=CC(=O)NC(C)c2ccc(NC(N)=O)cc2)cc1OC. The number of ether oxygens (including phenoxy) is 2. The molecule has 0 spiro atoms. The number of carbonyl (C=O) groups excluding carboxylic acids is 2. The van der Waals surface area contributed by atoms with E-state index in [0.29, 0.717) is 23.8 Å². The van der Waals surface area contributed by atoms with Gasteiger partial charge in [0, 0.05) is 11.8 Å². The predicted octanol–water partition coefficient (Wildman–Crippen LogP) is 4.26. The van der Waals surface area contributed by atoms with Gasteiger partial charge in [-0.05, 0) is 54.8 Å².